The van der Waals surface area contributed by atoms with E-state index in [9.17, 15) is 4.79 Å². The minimum absolute atomic E-state index is 0.151. The molecule has 0 spiro atoms. The Bertz CT molecular complexity index is 476. The van der Waals surface area contributed by atoms with Gasteiger partial charge in [0.1, 0.15) is 0 Å². The van der Waals surface area contributed by atoms with Gasteiger partial charge in [-0.05, 0) is 60.3 Å². The number of hydrogen-bond donors (Lipinski definition) is 2. The third kappa shape index (κ3) is 3.23. The van der Waals surface area contributed by atoms with Crippen LogP contribution in [0.5, 0.6) is 0 Å². The molecule has 0 radical (unpaired) electrons. The summed E-state index contributed by atoms with van der Waals surface area (Å²) in [4.78, 5) is 12.8. The second kappa shape index (κ2) is 6.72. The van der Waals surface area contributed by atoms with Crippen LogP contribution in [0.1, 0.15) is 38.2 Å². The van der Waals surface area contributed by atoms with Gasteiger partial charge < -0.3 is 10.6 Å². The van der Waals surface area contributed by atoms with Crippen LogP contribution in [0.4, 0.5) is 5.69 Å². The Kier molecular flexibility index (Phi) is 5.22. The van der Waals surface area contributed by atoms with Crippen molar-refractivity contribution in [3.05, 3.63) is 28.2 Å². The summed E-state index contributed by atoms with van der Waals surface area (Å²) in [6.45, 7) is 5.99. The maximum absolute atomic E-state index is 12.8. The summed E-state index contributed by atoms with van der Waals surface area (Å²) in [5.41, 5.74) is 1.75. The van der Waals surface area contributed by atoms with E-state index >= 15 is 0 Å². The Morgan fingerprint density at radius 2 is 2.30 bits per heavy atom. The van der Waals surface area contributed by atoms with E-state index in [1.807, 2.05) is 25.1 Å². The number of aryl methyl sites for hydroxylation is 1. The summed E-state index contributed by atoms with van der Waals surface area (Å²) in [6, 6.07) is 5.95. The van der Waals surface area contributed by atoms with Gasteiger partial charge in [0.25, 0.3) is 0 Å². The number of halogens is 1. The topological polar surface area (TPSA) is 41.1 Å². The van der Waals surface area contributed by atoms with E-state index < -0.39 is 0 Å². The number of rotatable bonds is 4. The van der Waals surface area contributed by atoms with Crippen LogP contribution < -0.4 is 10.6 Å². The van der Waals surface area contributed by atoms with E-state index in [0.29, 0.717) is 0 Å². The molecular formula is C16H23BrN2O. The van der Waals surface area contributed by atoms with Crippen molar-refractivity contribution in [2.24, 2.45) is 5.41 Å². The predicted octanol–water partition coefficient (Wildman–Crippen LogP) is 3.87. The van der Waals surface area contributed by atoms with E-state index in [-0.39, 0.29) is 11.3 Å². The van der Waals surface area contributed by atoms with Crippen molar-refractivity contribution in [1.82, 2.24) is 5.32 Å². The second-order valence-electron chi connectivity index (χ2n) is 5.70. The minimum Gasteiger partial charge on any atom is -0.325 e. The van der Waals surface area contributed by atoms with E-state index in [2.05, 4.69) is 33.5 Å². The van der Waals surface area contributed by atoms with Crippen molar-refractivity contribution < 1.29 is 4.79 Å². The molecule has 1 saturated heterocycles. The summed E-state index contributed by atoms with van der Waals surface area (Å²) < 4.78 is 0.976. The number of nitrogens with one attached hydrogen (secondary N) is 2. The zero-order chi connectivity index (χ0) is 14.6. The summed E-state index contributed by atoms with van der Waals surface area (Å²) in [5.74, 6) is 0.151. The average molecular weight is 339 g/mol. The lowest BCUT2D eigenvalue weighted by molar-refractivity contribution is -0.127. The van der Waals surface area contributed by atoms with Crippen LogP contribution >= 0.6 is 15.9 Å². The smallest absolute Gasteiger partial charge is 0.231 e. The second-order valence-corrected chi connectivity index (χ2v) is 6.49. The van der Waals surface area contributed by atoms with Gasteiger partial charge in [0.2, 0.25) is 5.91 Å². The fraction of sp³-hybridized carbons (Fsp3) is 0.562. The molecule has 3 nitrogen and oxygen atoms in total. The van der Waals surface area contributed by atoms with Gasteiger partial charge in [0.05, 0.1) is 11.1 Å². The largest absolute Gasteiger partial charge is 0.325 e. The molecule has 0 saturated carbocycles. The van der Waals surface area contributed by atoms with E-state index in [1.54, 1.807) is 0 Å². The molecule has 1 amide bonds. The Morgan fingerprint density at radius 3 is 2.95 bits per heavy atom. The van der Waals surface area contributed by atoms with Crippen LogP contribution in [-0.2, 0) is 4.79 Å². The fourth-order valence-corrected chi connectivity index (χ4v) is 3.33. The molecule has 1 fully saturated rings. The first-order valence-corrected chi connectivity index (χ1v) is 8.15. The van der Waals surface area contributed by atoms with Crippen LogP contribution in [0.15, 0.2) is 22.7 Å². The predicted molar refractivity (Wildman–Crippen MR) is 87.0 cm³/mol. The Labute approximate surface area is 129 Å². The third-order valence-corrected chi connectivity index (χ3v) is 5.18. The van der Waals surface area contributed by atoms with Crippen molar-refractivity contribution >= 4 is 27.5 Å². The Hall–Kier alpha value is -0.870. The molecule has 0 aliphatic carbocycles. The molecule has 0 bridgehead atoms. The molecule has 1 heterocycles. The van der Waals surface area contributed by atoms with E-state index in [1.165, 1.54) is 0 Å². The molecule has 1 unspecified atom stereocenters. The van der Waals surface area contributed by atoms with Gasteiger partial charge in [0, 0.05) is 11.0 Å². The van der Waals surface area contributed by atoms with Crippen molar-refractivity contribution in [1.29, 1.82) is 0 Å². The number of anilines is 1. The zero-order valence-corrected chi connectivity index (χ0v) is 13.8. The first kappa shape index (κ1) is 15.5. The van der Waals surface area contributed by atoms with E-state index in [0.717, 1.165) is 54.5 Å². The third-order valence-electron chi connectivity index (χ3n) is 4.12. The first-order chi connectivity index (χ1) is 9.59. The van der Waals surface area contributed by atoms with Crippen LogP contribution in [0.25, 0.3) is 0 Å². The molecule has 2 rings (SSSR count). The molecule has 1 aromatic rings. The molecular weight excluding hydrogens is 316 g/mol. The zero-order valence-electron chi connectivity index (χ0n) is 12.3. The number of benzene rings is 1. The Balaban J connectivity index is 2.18. The minimum atomic E-state index is -0.254. The lowest BCUT2D eigenvalue weighted by Gasteiger charge is -2.36. The molecule has 1 aliphatic heterocycles. The van der Waals surface area contributed by atoms with Crippen LogP contribution in [0.2, 0.25) is 0 Å². The summed E-state index contributed by atoms with van der Waals surface area (Å²) in [7, 11) is 0. The van der Waals surface area contributed by atoms with Crippen LogP contribution in [0, 0.1) is 12.3 Å². The van der Waals surface area contributed by atoms with Gasteiger partial charge in [0.15, 0.2) is 0 Å². The highest BCUT2D eigenvalue weighted by molar-refractivity contribution is 9.10. The van der Waals surface area contributed by atoms with Gasteiger partial charge in [-0.15, -0.1) is 0 Å². The maximum atomic E-state index is 12.8. The van der Waals surface area contributed by atoms with Gasteiger partial charge >= 0.3 is 0 Å². The number of hydrogen-bond acceptors (Lipinski definition) is 2. The molecule has 2 N–H and O–H groups in total. The van der Waals surface area contributed by atoms with Crippen LogP contribution in [0.3, 0.4) is 0 Å². The maximum Gasteiger partial charge on any atom is 0.231 e. The van der Waals surface area contributed by atoms with Gasteiger partial charge in [-0.3, -0.25) is 4.79 Å². The summed E-state index contributed by atoms with van der Waals surface area (Å²) >= 11 is 3.56. The standard InChI is InChI=1S/C16H23BrN2O/c1-3-8-16(9-5-10-18-11-16)15(20)19-13-7-4-6-12(2)14(13)17/h4,6-7,18H,3,5,8-11H2,1-2H3,(H,19,20). The highest BCUT2D eigenvalue weighted by atomic mass is 79.9. The molecule has 20 heavy (non-hydrogen) atoms. The average Bonchev–Trinajstić information content (AvgIpc) is 2.45. The van der Waals surface area contributed by atoms with Crippen LogP contribution in [-0.4, -0.2) is 19.0 Å². The van der Waals surface area contributed by atoms with E-state index in [4.69, 9.17) is 0 Å². The fourth-order valence-electron chi connectivity index (χ4n) is 2.97. The first-order valence-electron chi connectivity index (χ1n) is 7.36. The highest BCUT2D eigenvalue weighted by Gasteiger charge is 2.38. The van der Waals surface area contributed by atoms with Crippen molar-refractivity contribution in [3.63, 3.8) is 0 Å². The molecule has 1 atom stereocenters. The summed E-state index contributed by atoms with van der Waals surface area (Å²) in [5, 5.41) is 6.50. The molecule has 1 aliphatic rings. The van der Waals surface area contributed by atoms with Gasteiger partial charge in [-0.2, -0.15) is 0 Å². The normalized spacial score (nSPS) is 22.6. The van der Waals surface area contributed by atoms with Gasteiger partial charge in [-0.25, -0.2) is 0 Å². The number of carbonyl (C=O) groups is 1. The number of carbonyl (C=O) groups excluding carboxylic acids is 1. The van der Waals surface area contributed by atoms with Gasteiger partial charge in [-0.1, -0.05) is 25.5 Å². The lowest BCUT2D eigenvalue weighted by Crippen LogP contribution is -2.48. The molecule has 1 aromatic carbocycles. The monoisotopic (exact) mass is 338 g/mol. The summed E-state index contributed by atoms with van der Waals surface area (Å²) in [6.07, 6.45) is 4.02. The molecule has 0 aromatic heterocycles. The molecule has 4 heteroatoms. The van der Waals surface area contributed by atoms with Crippen molar-refractivity contribution in [2.75, 3.05) is 18.4 Å². The quantitative estimate of drug-likeness (QED) is 0.874. The molecule has 110 valence electrons. The van der Waals surface area contributed by atoms with Crippen molar-refractivity contribution in [2.45, 2.75) is 39.5 Å². The number of piperidine rings is 1. The SMILES string of the molecule is CCCC1(C(=O)Nc2cccc(C)c2Br)CCCNC1. The lowest BCUT2D eigenvalue weighted by atomic mass is 9.76. The van der Waals surface area contributed by atoms with Crippen molar-refractivity contribution in [3.8, 4) is 0 Å². The highest BCUT2D eigenvalue weighted by Crippen LogP contribution is 2.34. The Morgan fingerprint density at radius 1 is 1.50 bits per heavy atom. The number of amides is 1.